The highest BCUT2D eigenvalue weighted by atomic mass is 16.4. The average Bonchev–Trinajstić information content (AvgIpc) is 2.36. The van der Waals surface area contributed by atoms with Gasteiger partial charge in [-0.15, -0.1) is 0 Å². The van der Waals surface area contributed by atoms with Crippen LogP contribution in [0.1, 0.15) is 40.0 Å². The number of hydrogen-bond acceptors (Lipinski definition) is 2. The molecule has 0 bridgehead atoms. The molecule has 2 amide bonds. The lowest BCUT2D eigenvalue weighted by atomic mass is 9.94. The summed E-state index contributed by atoms with van der Waals surface area (Å²) in [6.07, 6.45) is 1.81. The molecular formula is C14H26N2O3. The molecule has 1 unspecified atom stereocenters. The number of carbonyl (C=O) groups excluding carboxylic acids is 1. The van der Waals surface area contributed by atoms with E-state index in [1.54, 1.807) is 4.90 Å². The molecule has 1 aliphatic heterocycles. The predicted molar refractivity (Wildman–Crippen MR) is 74.0 cm³/mol. The molecule has 0 aliphatic carbocycles. The van der Waals surface area contributed by atoms with Crippen molar-refractivity contribution in [3.63, 3.8) is 0 Å². The molecule has 1 N–H and O–H groups in total. The lowest BCUT2D eigenvalue weighted by Crippen LogP contribution is -2.49. The van der Waals surface area contributed by atoms with E-state index < -0.39 is 5.97 Å². The van der Waals surface area contributed by atoms with Crippen LogP contribution in [0.15, 0.2) is 0 Å². The van der Waals surface area contributed by atoms with E-state index in [1.165, 1.54) is 0 Å². The first-order chi connectivity index (χ1) is 8.82. The van der Waals surface area contributed by atoms with Crippen LogP contribution in [0.3, 0.4) is 0 Å². The molecule has 1 rings (SSSR count). The average molecular weight is 270 g/mol. The number of piperidine rings is 1. The number of hydrogen-bond donors (Lipinski definition) is 1. The fourth-order valence-electron chi connectivity index (χ4n) is 2.42. The molecule has 1 aliphatic rings. The Hall–Kier alpha value is -1.26. The van der Waals surface area contributed by atoms with Gasteiger partial charge >= 0.3 is 12.0 Å². The minimum absolute atomic E-state index is 0.0648. The van der Waals surface area contributed by atoms with Gasteiger partial charge in [0.05, 0.1) is 0 Å². The molecule has 19 heavy (non-hydrogen) atoms. The number of urea groups is 1. The third kappa shape index (κ3) is 4.40. The first-order valence-corrected chi connectivity index (χ1v) is 7.06. The fourth-order valence-corrected chi connectivity index (χ4v) is 2.42. The minimum Gasteiger partial charge on any atom is -0.481 e. The summed E-state index contributed by atoms with van der Waals surface area (Å²) in [5.41, 5.74) is 0. The quantitative estimate of drug-likeness (QED) is 0.852. The molecule has 1 fully saturated rings. The van der Waals surface area contributed by atoms with Crippen LogP contribution in [-0.4, -0.2) is 53.1 Å². The van der Waals surface area contributed by atoms with Crippen molar-refractivity contribution in [3.8, 4) is 0 Å². The van der Waals surface area contributed by atoms with Crippen LogP contribution in [0.5, 0.6) is 0 Å². The van der Waals surface area contributed by atoms with Gasteiger partial charge in [0, 0.05) is 32.6 Å². The highest BCUT2D eigenvalue weighted by Gasteiger charge is 2.28. The highest BCUT2D eigenvalue weighted by molar-refractivity contribution is 5.74. The predicted octanol–water partition coefficient (Wildman–Crippen LogP) is 2.27. The van der Waals surface area contributed by atoms with Crippen LogP contribution < -0.4 is 0 Å². The Balaban J connectivity index is 2.46. The van der Waals surface area contributed by atoms with Crippen molar-refractivity contribution in [2.45, 2.75) is 46.1 Å². The van der Waals surface area contributed by atoms with E-state index in [1.807, 2.05) is 11.9 Å². The van der Waals surface area contributed by atoms with Crippen LogP contribution in [0.2, 0.25) is 0 Å². The number of amides is 2. The van der Waals surface area contributed by atoms with Crippen molar-refractivity contribution in [2.75, 3.05) is 20.1 Å². The van der Waals surface area contributed by atoms with Gasteiger partial charge in [0.15, 0.2) is 0 Å². The summed E-state index contributed by atoms with van der Waals surface area (Å²) >= 11 is 0. The normalized spacial score (nSPS) is 18.5. The van der Waals surface area contributed by atoms with Crippen LogP contribution in [0.4, 0.5) is 4.79 Å². The zero-order chi connectivity index (χ0) is 14.6. The van der Waals surface area contributed by atoms with Crippen LogP contribution in [-0.2, 0) is 4.79 Å². The number of carboxylic acids is 1. The lowest BCUT2D eigenvalue weighted by molar-refractivity contribution is -0.138. The number of carboxylic acid groups (broad SMARTS) is 1. The van der Waals surface area contributed by atoms with E-state index in [0.29, 0.717) is 19.0 Å². The molecule has 0 aromatic rings. The topological polar surface area (TPSA) is 60.9 Å². The molecule has 5 heteroatoms. The van der Waals surface area contributed by atoms with Crippen LogP contribution >= 0.6 is 0 Å². The Kier molecular flexibility index (Phi) is 5.63. The molecule has 0 radical (unpaired) electrons. The molecule has 1 saturated heterocycles. The van der Waals surface area contributed by atoms with Gasteiger partial charge in [0.1, 0.15) is 0 Å². The van der Waals surface area contributed by atoms with Gasteiger partial charge < -0.3 is 14.9 Å². The summed E-state index contributed by atoms with van der Waals surface area (Å²) in [5, 5.41) is 8.77. The zero-order valence-electron chi connectivity index (χ0n) is 12.4. The fraction of sp³-hybridized carbons (Fsp3) is 0.857. The summed E-state index contributed by atoms with van der Waals surface area (Å²) < 4.78 is 0. The highest BCUT2D eigenvalue weighted by Crippen LogP contribution is 2.22. The summed E-state index contributed by atoms with van der Waals surface area (Å²) in [4.78, 5) is 26.6. The SMILES string of the molecule is CC(C)C(C)N(C)C(=O)N1CCC(CC(=O)O)CC1. The van der Waals surface area contributed by atoms with Crippen LogP contribution in [0.25, 0.3) is 0 Å². The van der Waals surface area contributed by atoms with E-state index in [9.17, 15) is 9.59 Å². The summed E-state index contributed by atoms with van der Waals surface area (Å²) in [6.45, 7) is 7.61. The Morgan fingerprint density at radius 3 is 2.21 bits per heavy atom. The van der Waals surface area contributed by atoms with Gasteiger partial charge in [-0.05, 0) is 31.6 Å². The third-order valence-corrected chi connectivity index (χ3v) is 4.23. The van der Waals surface area contributed by atoms with Crippen molar-refractivity contribution >= 4 is 12.0 Å². The Morgan fingerprint density at radius 2 is 1.79 bits per heavy atom. The molecule has 1 heterocycles. The monoisotopic (exact) mass is 270 g/mol. The van der Waals surface area contributed by atoms with Gasteiger partial charge in [-0.1, -0.05) is 13.8 Å². The van der Waals surface area contributed by atoms with Gasteiger partial charge in [-0.2, -0.15) is 0 Å². The Morgan fingerprint density at radius 1 is 1.26 bits per heavy atom. The van der Waals surface area contributed by atoms with Crippen molar-refractivity contribution in [2.24, 2.45) is 11.8 Å². The number of nitrogens with zero attached hydrogens (tertiary/aromatic N) is 2. The standard InChI is InChI=1S/C14H26N2O3/c1-10(2)11(3)15(4)14(19)16-7-5-12(6-8-16)9-13(17)18/h10-12H,5-9H2,1-4H3,(H,17,18). The first kappa shape index (κ1) is 15.8. The Bertz CT molecular complexity index is 323. The minimum atomic E-state index is -0.740. The summed E-state index contributed by atoms with van der Waals surface area (Å²) in [5.74, 6) is -0.0943. The smallest absolute Gasteiger partial charge is 0.319 e. The Labute approximate surface area is 115 Å². The van der Waals surface area contributed by atoms with E-state index in [-0.39, 0.29) is 24.4 Å². The van der Waals surface area contributed by atoms with Crippen molar-refractivity contribution in [1.82, 2.24) is 9.80 Å². The van der Waals surface area contributed by atoms with E-state index in [2.05, 4.69) is 20.8 Å². The van der Waals surface area contributed by atoms with Gasteiger partial charge in [-0.25, -0.2) is 4.79 Å². The molecule has 0 aromatic carbocycles. The third-order valence-electron chi connectivity index (χ3n) is 4.23. The zero-order valence-corrected chi connectivity index (χ0v) is 12.4. The maximum Gasteiger partial charge on any atom is 0.319 e. The van der Waals surface area contributed by atoms with E-state index >= 15 is 0 Å². The number of likely N-dealkylation sites (tertiary alicyclic amines) is 1. The molecule has 0 saturated carbocycles. The molecule has 5 nitrogen and oxygen atoms in total. The van der Waals surface area contributed by atoms with E-state index in [0.717, 1.165) is 12.8 Å². The van der Waals surface area contributed by atoms with Gasteiger partial charge in [0.25, 0.3) is 0 Å². The van der Waals surface area contributed by atoms with Gasteiger partial charge in [-0.3, -0.25) is 4.79 Å². The second-order valence-corrected chi connectivity index (χ2v) is 5.91. The molecule has 0 aromatic heterocycles. The summed E-state index contributed by atoms with van der Waals surface area (Å²) in [6, 6.07) is 0.277. The maximum absolute atomic E-state index is 12.3. The molecular weight excluding hydrogens is 244 g/mol. The van der Waals surface area contributed by atoms with Crippen molar-refractivity contribution < 1.29 is 14.7 Å². The number of carbonyl (C=O) groups is 2. The first-order valence-electron chi connectivity index (χ1n) is 7.06. The van der Waals surface area contributed by atoms with E-state index in [4.69, 9.17) is 5.11 Å². The lowest BCUT2D eigenvalue weighted by Gasteiger charge is -2.37. The second kappa shape index (κ2) is 6.78. The van der Waals surface area contributed by atoms with Crippen LogP contribution in [0, 0.1) is 11.8 Å². The van der Waals surface area contributed by atoms with Crippen molar-refractivity contribution in [1.29, 1.82) is 0 Å². The van der Waals surface area contributed by atoms with Gasteiger partial charge in [0.2, 0.25) is 0 Å². The maximum atomic E-state index is 12.3. The summed E-state index contributed by atoms with van der Waals surface area (Å²) in [7, 11) is 1.84. The number of aliphatic carboxylic acids is 1. The molecule has 1 atom stereocenters. The van der Waals surface area contributed by atoms with Crippen molar-refractivity contribution in [3.05, 3.63) is 0 Å². The molecule has 0 spiro atoms. The second-order valence-electron chi connectivity index (χ2n) is 5.91. The molecule has 110 valence electrons. The largest absolute Gasteiger partial charge is 0.481 e. The number of rotatable bonds is 4.